The molecule has 3 aromatic carbocycles. The van der Waals surface area contributed by atoms with E-state index in [0.29, 0.717) is 23.1 Å². The van der Waals surface area contributed by atoms with E-state index in [1.807, 2.05) is 55.5 Å². The Bertz CT molecular complexity index is 1910. The van der Waals surface area contributed by atoms with Gasteiger partial charge in [0.15, 0.2) is 16.7 Å². The van der Waals surface area contributed by atoms with Crippen molar-refractivity contribution in [3.05, 3.63) is 134 Å². The van der Waals surface area contributed by atoms with Crippen LogP contribution in [0.1, 0.15) is 45.5 Å². The smallest absolute Gasteiger partial charge is 0.287 e. The fourth-order valence-corrected chi connectivity index (χ4v) is 6.03. The number of non-ortho nitro benzene ring substituents is 1. The van der Waals surface area contributed by atoms with Crippen molar-refractivity contribution in [1.29, 1.82) is 0 Å². The van der Waals surface area contributed by atoms with Gasteiger partial charge in [-0.2, -0.15) is 5.10 Å². The van der Waals surface area contributed by atoms with E-state index in [1.54, 1.807) is 22.8 Å². The summed E-state index contributed by atoms with van der Waals surface area (Å²) < 4.78 is 7.77. The minimum atomic E-state index is -0.488. The molecule has 0 bridgehead atoms. The number of aryl methyl sites for hydroxylation is 1. The third-order valence-corrected chi connectivity index (χ3v) is 8.74. The van der Waals surface area contributed by atoms with Crippen LogP contribution in [0.25, 0.3) is 5.69 Å². The van der Waals surface area contributed by atoms with Crippen molar-refractivity contribution in [3.63, 3.8) is 0 Å². The summed E-state index contributed by atoms with van der Waals surface area (Å²) in [6, 6.07) is 24.6. The van der Waals surface area contributed by atoms with Crippen molar-refractivity contribution in [1.82, 2.24) is 25.1 Å². The molecule has 232 valence electrons. The lowest BCUT2D eigenvalue weighted by atomic mass is 9.98. The number of halogens is 1. The highest BCUT2D eigenvalue weighted by Gasteiger charge is 2.33. The van der Waals surface area contributed by atoms with Crippen molar-refractivity contribution in [3.8, 4) is 5.69 Å². The summed E-state index contributed by atoms with van der Waals surface area (Å²) in [5.41, 5.74) is 4.28. The number of nitrogens with zero attached hydrogens (tertiary/aromatic N) is 6. The number of amides is 2. The Labute approximate surface area is 275 Å². The van der Waals surface area contributed by atoms with Gasteiger partial charge in [0, 0.05) is 28.7 Å². The van der Waals surface area contributed by atoms with Gasteiger partial charge in [-0.25, -0.2) is 5.01 Å². The van der Waals surface area contributed by atoms with Crippen molar-refractivity contribution < 1.29 is 18.9 Å². The predicted octanol–water partition coefficient (Wildman–Crippen LogP) is 6.24. The lowest BCUT2D eigenvalue weighted by Gasteiger charge is -2.22. The molecule has 12 nitrogen and oxygen atoms in total. The number of nitrogens with one attached hydrogen (secondary N) is 1. The van der Waals surface area contributed by atoms with Crippen LogP contribution in [0.4, 0.5) is 5.69 Å². The summed E-state index contributed by atoms with van der Waals surface area (Å²) in [5, 5.41) is 29.2. The molecule has 1 atom stereocenters. The van der Waals surface area contributed by atoms with E-state index in [-0.39, 0.29) is 35.7 Å². The number of carbonyl (C=O) groups is 2. The Morgan fingerprint density at radius 1 is 1.04 bits per heavy atom. The number of hydrazone groups is 1. The van der Waals surface area contributed by atoms with Crippen LogP contribution in [0.2, 0.25) is 0 Å². The summed E-state index contributed by atoms with van der Waals surface area (Å²) in [5.74, 6) is -0.184. The maximum atomic E-state index is 13.8. The van der Waals surface area contributed by atoms with Crippen LogP contribution in [0.5, 0.6) is 0 Å². The number of rotatable bonds is 10. The minimum absolute atomic E-state index is 0.0106. The molecule has 14 heteroatoms. The van der Waals surface area contributed by atoms with E-state index >= 15 is 0 Å². The molecule has 5 aromatic rings. The van der Waals surface area contributed by atoms with Gasteiger partial charge in [-0.3, -0.25) is 24.3 Å². The normalized spacial score (nSPS) is 14.3. The molecule has 1 N–H and O–H groups in total. The van der Waals surface area contributed by atoms with Gasteiger partial charge in [-0.15, -0.1) is 10.2 Å². The second-order valence-corrected chi connectivity index (χ2v) is 12.2. The van der Waals surface area contributed by atoms with Crippen LogP contribution in [-0.4, -0.2) is 48.0 Å². The first-order valence-corrected chi connectivity index (χ1v) is 15.9. The molecule has 0 saturated heterocycles. The summed E-state index contributed by atoms with van der Waals surface area (Å²) in [6.07, 6.45) is 1.95. The molecule has 0 aliphatic carbocycles. The van der Waals surface area contributed by atoms with E-state index < -0.39 is 10.8 Å². The first kappa shape index (κ1) is 30.9. The van der Waals surface area contributed by atoms with Gasteiger partial charge in [0.25, 0.3) is 17.5 Å². The lowest BCUT2D eigenvalue weighted by Crippen LogP contribution is -2.28. The number of benzene rings is 3. The number of nitro benzene ring substituents is 1. The summed E-state index contributed by atoms with van der Waals surface area (Å²) >= 11 is 4.63. The van der Waals surface area contributed by atoms with Crippen LogP contribution in [0.3, 0.4) is 0 Å². The Kier molecular flexibility index (Phi) is 9.08. The Morgan fingerprint density at radius 2 is 1.78 bits per heavy atom. The number of carbonyl (C=O) groups excluding carboxylic acids is 2. The van der Waals surface area contributed by atoms with Crippen LogP contribution < -0.4 is 5.32 Å². The summed E-state index contributed by atoms with van der Waals surface area (Å²) in [7, 11) is 0. The van der Waals surface area contributed by atoms with E-state index in [4.69, 9.17) is 9.52 Å². The fraction of sp³-hybridized carbons (Fsp3) is 0.156. The number of aromatic nitrogens is 3. The first-order chi connectivity index (χ1) is 22.3. The van der Waals surface area contributed by atoms with Gasteiger partial charge in [0.2, 0.25) is 0 Å². The number of hydrogen-bond donors (Lipinski definition) is 1. The molecule has 2 amide bonds. The Morgan fingerprint density at radius 3 is 2.46 bits per heavy atom. The fourth-order valence-electron chi connectivity index (χ4n) is 4.94. The topological polar surface area (TPSA) is 149 Å². The molecule has 0 radical (unpaired) electrons. The van der Waals surface area contributed by atoms with E-state index in [9.17, 15) is 19.7 Å². The molecular formula is C32H26BrN7O5S. The zero-order chi connectivity index (χ0) is 32.2. The Balaban J connectivity index is 1.26. The number of thioether (sulfide) groups is 1. The SMILES string of the molecule is Cc1ccc([C@@H]2CC(c3ccc(Br)cc3)=NN2C(=O)CSc2nnc(CNC(=O)c3ccco3)n2-c2ccc([N+](=O)[O-])cc2)cc1. The molecule has 1 aliphatic heterocycles. The van der Waals surface area contributed by atoms with Crippen molar-refractivity contribution in [2.24, 2.45) is 5.10 Å². The van der Waals surface area contributed by atoms with Crippen LogP contribution in [-0.2, 0) is 11.3 Å². The molecule has 2 aromatic heterocycles. The predicted molar refractivity (Wildman–Crippen MR) is 175 cm³/mol. The third-order valence-electron chi connectivity index (χ3n) is 7.30. The molecule has 6 rings (SSSR count). The van der Waals surface area contributed by atoms with Gasteiger partial charge >= 0.3 is 0 Å². The summed E-state index contributed by atoms with van der Waals surface area (Å²) in [6.45, 7) is 2.00. The van der Waals surface area contributed by atoms with Crippen LogP contribution in [0, 0.1) is 17.0 Å². The van der Waals surface area contributed by atoms with Gasteiger partial charge < -0.3 is 9.73 Å². The molecule has 0 unspecified atom stereocenters. The molecule has 0 spiro atoms. The van der Waals surface area contributed by atoms with Crippen molar-refractivity contribution >= 4 is 50.9 Å². The average Bonchev–Trinajstić information content (AvgIpc) is 3.84. The maximum Gasteiger partial charge on any atom is 0.287 e. The maximum absolute atomic E-state index is 13.8. The second kappa shape index (κ2) is 13.5. The van der Waals surface area contributed by atoms with Crippen LogP contribution >= 0.6 is 27.7 Å². The van der Waals surface area contributed by atoms with Gasteiger partial charge in [0.1, 0.15) is 0 Å². The molecular weight excluding hydrogens is 674 g/mol. The monoisotopic (exact) mass is 699 g/mol. The highest BCUT2D eigenvalue weighted by atomic mass is 79.9. The van der Waals surface area contributed by atoms with Gasteiger partial charge in [-0.1, -0.05) is 69.7 Å². The average molecular weight is 701 g/mol. The summed E-state index contributed by atoms with van der Waals surface area (Å²) in [4.78, 5) is 37.1. The zero-order valence-electron chi connectivity index (χ0n) is 24.4. The van der Waals surface area contributed by atoms with E-state index in [2.05, 4.69) is 31.4 Å². The number of nitro groups is 1. The van der Waals surface area contributed by atoms with Gasteiger partial charge in [0.05, 0.1) is 35.2 Å². The number of furan rings is 1. The minimum Gasteiger partial charge on any atom is -0.459 e. The molecule has 0 fully saturated rings. The molecule has 46 heavy (non-hydrogen) atoms. The largest absolute Gasteiger partial charge is 0.459 e. The first-order valence-electron chi connectivity index (χ1n) is 14.1. The van der Waals surface area contributed by atoms with Crippen molar-refractivity contribution in [2.75, 3.05) is 5.75 Å². The second-order valence-electron chi connectivity index (χ2n) is 10.4. The highest BCUT2D eigenvalue weighted by Crippen LogP contribution is 2.34. The number of hydrogen-bond acceptors (Lipinski definition) is 9. The molecule has 3 heterocycles. The van der Waals surface area contributed by atoms with Crippen LogP contribution in [0.15, 0.2) is 110 Å². The van der Waals surface area contributed by atoms with E-state index in [0.717, 1.165) is 38.6 Å². The van der Waals surface area contributed by atoms with Gasteiger partial charge in [-0.05, 0) is 54.4 Å². The quantitative estimate of drug-likeness (QED) is 0.102. The molecule has 1 aliphatic rings. The van der Waals surface area contributed by atoms with Crippen molar-refractivity contribution in [2.45, 2.75) is 31.1 Å². The Hall–Kier alpha value is -5.08. The molecule has 0 saturated carbocycles. The van der Waals surface area contributed by atoms with E-state index in [1.165, 1.54) is 29.5 Å². The lowest BCUT2D eigenvalue weighted by molar-refractivity contribution is -0.384. The standard InChI is InChI=1S/C32H26BrN7O5S/c1-20-4-6-22(7-5-20)27-17-26(21-8-10-23(33)11-9-21)37-39(27)30(41)19-46-32-36-35-29(18-34-31(42)28-3-2-16-45-28)38(32)24-12-14-25(15-13-24)40(43)44/h2-16,27H,17-19H2,1H3,(H,34,42)/t27-/m0/s1. The zero-order valence-corrected chi connectivity index (χ0v) is 26.8. The third kappa shape index (κ3) is 6.77. The highest BCUT2D eigenvalue weighted by molar-refractivity contribution is 9.10.